The second-order valence-corrected chi connectivity index (χ2v) is 16.7. The summed E-state index contributed by atoms with van der Waals surface area (Å²) in [6, 6.07) is 11.8. The number of urea groups is 1. The summed E-state index contributed by atoms with van der Waals surface area (Å²) in [5.41, 5.74) is -1.30. The number of nitriles is 1. The van der Waals surface area contributed by atoms with Crippen molar-refractivity contribution < 1.29 is 32.3 Å². The van der Waals surface area contributed by atoms with Crippen molar-refractivity contribution in [3.8, 4) is 6.07 Å². The molecule has 3 aliphatic heterocycles. The minimum Gasteiger partial charge on any atom is -0.331 e. The van der Waals surface area contributed by atoms with E-state index in [0.717, 1.165) is 76.7 Å². The molecule has 1 saturated carbocycles. The number of carbonyl (C=O) groups excluding carboxylic acids is 4. The van der Waals surface area contributed by atoms with Crippen LogP contribution in [0.1, 0.15) is 90.2 Å². The number of carbonyl (C=O) groups is 4. The van der Waals surface area contributed by atoms with E-state index in [4.69, 9.17) is 12.2 Å². The first-order chi connectivity index (χ1) is 27.0. The van der Waals surface area contributed by atoms with Crippen LogP contribution in [0.2, 0.25) is 0 Å². The highest BCUT2D eigenvalue weighted by molar-refractivity contribution is 7.80. The number of nitrogens with one attached hydrogen (secondary N) is 2. The molecule has 0 aromatic heterocycles. The Morgan fingerprint density at radius 1 is 0.982 bits per heavy atom. The number of imide groups is 1. The first-order valence-corrected chi connectivity index (χ1v) is 20.2. The zero-order valence-corrected chi connectivity index (χ0v) is 33.7. The predicted molar refractivity (Wildman–Crippen MR) is 214 cm³/mol. The van der Waals surface area contributed by atoms with Crippen LogP contribution in [0.25, 0.3) is 0 Å². The number of nitrogens with zero attached hydrogens (tertiary/aromatic N) is 6. The number of alkyl halides is 3. The lowest BCUT2D eigenvalue weighted by Gasteiger charge is -2.44. The van der Waals surface area contributed by atoms with Gasteiger partial charge in [-0.1, -0.05) is 12.8 Å². The molecular weight excluding hydrogens is 758 g/mol. The van der Waals surface area contributed by atoms with Crippen LogP contribution < -0.4 is 20.4 Å². The first-order valence-electron chi connectivity index (χ1n) is 19.8. The molecule has 4 fully saturated rings. The maximum Gasteiger partial charge on any atom is 0.417 e. The molecule has 5 amide bonds. The van der Waals surface area contributed by atoms with E-state index >= 15 is 0 Å². The molecule has 0 unspecified atom stereocenters. The van der Waals surface area contributed by atoms with Crippen LogP contribution in [0, 0.1) is 17.2 Å². The van der Waals surface area contributed by atoms with Crippen LogP contribution in [-0.4, -0.2) is 100.0 Å². The van der Waals surface area contributed by atoms with Crippen molar-refractivity contribution in [1.82, 2.24) is 20.0 Å². The SMILES string of the molecule is C[C@@H]1CN(CCCCC2CCC(N3C(=S)N(c4ccc(C#N)c(C(F)(F)F)c4)C(=O)C3(C)C)CC2)C[C@H](C)N1CC(=O)Nc1ccc(N2CCC(=O)NC2=O)cc1. The largest absolute Gasteiger partial charge is 0.417 e. The van der Waals surface area contributed by atoms with Crippen LogP contribution >= 0.6 is 12.2 Å². The number of piperazine rings is 1. The van der Waals surface area contributed by atoms with Gasteiger partial charge in [0.15, 0.2) is 5.11 Å². The number of thiocarbonyl (C=S) groups is 1. The Hall–Kier alpha value is -4.59. The lowest BCUT2D eigenvalue weighted by atomic mass is 9.81. The summed E-state index contributed by atoms with van der Waals surface area (Å²) in [6.07, 6.45) is 2.42. The lowest BCUT2D eigenvalue weighted by molar-refractivity contribution is -0.137. The van der Waals surface area contributed by atoms with Gasteiger partial charge in [-0.25, -0.2) is 4.79 Å². The Labute approximate surface area is 337 Å². The summed E-state index contributed by atoms with van der Waals surface area (Å²) in [6.45, 7) is 11.2. The normalized spacial score (nSPS) is 24.8. The van der Waals surface area contributed by atoms with E-state index in [1.54, 1.807) is 44.2 Å². The lowest BCUT2D eigenvalue weighted by Crippen LogP contribution is -2.58. The van der Waals surface area contributed by atoms with Gasteiger partial charge in [0.2, 0.25) is 11.8 Å². The van der Waals surface area contributed by atoms with E-state index in [1.165, 1.54) is 15.9 Å². The molecule has 4 aliphatic rings. The number of halogens is 3. The molecule has 16 heteroatoms. The summed E-state index contributed by atoms with van der Waals surface area (Å²) >= 11 is 5.76. The highest BCUT2D eigenvalue weighted by atomic mass is 32.1. The molecule has 57 heavy (non-hydrogen) atoms. The number of amides is 5. The molecule has 0 bridgehead atoms. The second kappa shape index (κ2) is 17.1. The topological polar surface area (TPSA) is 132 Å². The second-order valence-electron chi connectivity index (χ2n) is 16.3. The summed E-state index contributed by atoms with van der Waals surface area (Å²) < 4.78 is 41.2. The molecule has 2 N–H and O–H groups in total. The van der Waals surface area contributed by atoms with E-state index in [2.05, 4.69) is 34.3 Å². The highest BCUT2D eigenvalue weighted by Crippen LogP contribution is 2.41. The zero-order chi connectivity index (χ0) is 41.2. The molecule has 6 rings (SSSR count). The average molecular weight is 809 g/mol. The molecule has 2 aromatic rings. The van der Waals surface area contributed by atoms with Crippen molar-refractivity contribution in [3.63, 3.8) is 0 Å². The van der Waals surface area contributed by atoms with Crippen LogP contribution in [0.15, 0.2) is 42.5 Å². The van der Waals surface area contributed by atoms with Crippen molar-refractivity contribution in [2.45, 2.75) is 109 Å². The van der Waals surface area contributed by atoms with Crippen molar-refractivity contribution in [1.29, 1.82) is 5.26 Å². The van der Waals surface area contributed by atoms with E-state index in [0.29, 0.717) is 23.8 Å². The number of anilines is 3. The third-order valence-corrected chi connectivity index (χ3v) is 12.3. The molecule has 1 aliphatic carbocycles. The van der Waals surface area contributed by atoms with Gasteiger partial charge < -0.3 is 15.1 Å². The van der Waals surface area contributed by atoms with Gasteiger partial charge in [0.25, 0.3) is 5.91 Å². The molecular formula is C41H51F3N8O4S. The average Bonchev–Trinajstić information content (AvgIpc) is 3.33. The fraction of sp³-hybridized carbons (Fsp3) is 0.561. The summed E-state index contributed by atoms with van der Waals surface area (Å²) in [5.74, 6) is -0.214. The number of hydrogen-bond donors (Lipinski definition) is 2. The quantitative estimate of drug-likeness (QED) is 0.193. The minimum absolute atomic E-state index is 0.00302. The van der Waals surface area contributed by atoms with E-state index in [1.807, 2.05) is 4.90 Å². The molecule has 3 saturated heterocycles. The van der Waals surface area contributed by atoms with Gasteiger partial charge >= 0.3 is 12.2 Å². The van der Waals surface area contributed by atoms with Crippen molar-refractivity contribution >= 4 is 58.1 Å². The molecule has 2 atom stereocenters. The molecule has 2 aromatic carbocycles. The number of unbranched alkanes of at least 4 members (excludes halogenated alkanes) is 1. The smallest absolute Gasteiger partial charge is 0.331 e. The van der Waals surface area contributed by atoms with Crippen LogP contribution in [-0.2, 0) is 20.6 Å². The Bertz CT molecular complexity index is 1900. The van der Waals surface area contributed by atoms with Crippen molar-refractivity contribution in [2.75, 3.05) is 47.8 Å². The van der Waals surface area contributed by atoms with E-state index in [9.17, 15) is 37.6 Å². The molecule has 12 nitrogen and oxygen atoms in total. The number of hydrogen-bond acceptors (Lipinski definition) is 8. The zero-order valence-electron chi connectivity index (χ0n) is 32.9. The van der Waals surface area contributed by atoms with Gasteiger partial charge in [0, 0.05) is 55.6 Å². The Balaban J connectivity index is 0.918. The fourth-order valence-corrected chi connectivity index (χ4v) is 9.54. The first kappa shape index (κ1) is 42.0. The third-order valence-electron chi connectivity index (χ3n) is 12.0. The minimum atomic E-state index is -4.75. The van der Waals surface area contributed by atoms with E-state index < -0.39 is 28.9 Å². The fourth-order valence-electron chi connectivity index (χ4n) is 8.98. The molecule has 0 spiro atoms. The van der Waals surface area contributed by atoms with Crippen LogP contribution in [0.4, 0.5) is 35.0 Å². The predicted octanol–water partition coefficient (Wildman–Crippen LogP) is 6.50. The Morgan fingerprint density at radius 2 is 1.63 bits per heavy atom. The van der Waals surface area contributed by atoms with Crippen molar-refractivity contribution in [3.05, 3.63) is 53.6 Å². The van der Waals surface area contributed by atoms with Crippen molar-refractivity contribution in [2.24, 2.45) is 5.92 Å². The van der Waals surface area contributed by atoms with Crippen LogP contribution in [0.5, 0.6) is 0 Å². The molecule has 0 radical (unpaired) electrons. The Kier molecular flexibility index (Phi) is 12.6. The van der Waals surface area contributed by atoms with Gasteiger partial charge in [0.1, 0.15) is 5.54 Å². The monoisotopic (exact) mass is 808 g/mol. The standard InChI is InChI=1S/C41H51F3N8O4S/c1-26-23-48(24-27(2)50(26)25-36(54)46-30-11-16-31(17-12-30)49-20-18-35(53)47-38(49)56)19-6-5-7-28-8-13-32(14-9-28)52-39(57)51(37(55)40(52,3)4)33-15-10-29(22-45)34(21-33)41(42,43)44/h10-12,15-17,21,26-28,32H,5-9,13-14,18-20,23-25H2,1-4H3,(H,46,54)(H,47,53,56)/t26-,27+,28?,32?. The maximum atomic E-state index is 13.7. The van der Waals surface area contributed by atoms with Gasteiger partial charge in [-0.3, -0.25) is 34.4 Å². The summed E-state index contributed by atoms with van der Waals surface area (Å²) in [4.78, 5) is 59.6. The summed E-state index contributed by atoms with van der Waals surface area (Å²) in [5, 5.41) is 14.7. The Morgan fingerprint density at radius 3 is 2.25 bits per heavy atom. The van der Waals surface area contributed by atoms with Gasteiger partial charge in [-0.2, -0.15) is 18.4 Å². The molecule has 306 valence electrons. The summed E-state index contributed by atoms with van der Waals surface area (Å²) in [7, 11) is 0. The highest BCUT2D eigenvalue weighted by Gasteiger charge is 2.52. The van der Waals surface area contributed by atoms with Gasteiger partial charge in [-0.05, 0) is 127 Å². The maximum absolute atomic E-state index is 13.7. The number of rotatable bonds is 11. The van der Waals surface area contributed by atoms with Gasteiger partial charge in [-0.15, -0.1) is 0 Å². The van der Waals surface area contributed by atoms with E-state index in [-0.39, 0.29) is 59.6 Å². The number of benzene rings is 2. The van der Waals surface area contributed by atoms with Gasteiger partial charge in [0.05, 0.1) is 29.4 Å². The third kappa shape index (κ3) is 9.26. The van der Waals surface area contributed by atoms with Crippen LogP contribution in [0.3, 0.4) is 0 Å². The molecule has 3 heterocycles.